The van der Waals surface area contributed by atoms with E-state index in [9.17, 15) is 19.8 Å². The SMILES string of the molecule is C[C@@H]1COC(CC23COC4OC(=O)CC42[C@H](C(C)(C)C)[C@@H](O)C3OC=O)[C@@H]1O. The van der Waals surface area contributed by atoms with Crippen LogP contribution in [0.5, 0.6) is 0 Å². The molecule has 5 unspecified atom stereocenters. The normalized spacial score (nSPS) is 50.4. The van der Waals surface area contributed by atoms with E-state index in [2.05, 4.69) is 0 Å². The van der Waals surface area contributed by atoms with E-state index in [1.54, 1.807) is 0 Å². The van der Waals surface area contributed by atoms with Crippen molar-refractivity contribution < 1.29 is 38.7 Å². The minimum Gasteiger partial charge on any atom is -0.461 e. The summed E-state index contributed by atoms with van der Waals surface area (Å²) in [6.07, 6.45) is -3.45. The zero-order valence-electron chi connectivity index (χ0n) is 16.8. The molecule has 0 aromatic heterocycles. The van der Waals surface area contributed by atoms with Gasteiger partial charge < -0.3 is 29.2 Å². The topological polar surface area (TPSA) is 112 Å². The van der Waals surface area contributed by atoms with Gasteiger partial charge in [0.15, 0.2) is 0 Å². The van der Waals surface area contributed by atoms with Crippen LogP contribution < -0.4 is 0 Å². The molecule has 1 spiro atoms. The van der Waals surface area contributed by atoms with E-state index in [0.29, 0.717) is 19.5 Å². The van der Waals surface area contributed by atoms with Crippen molar-refractivity contribution in [3.63, 3.8) is 0 Å². The number of carbonyl (C=O) groups excluding carboxylic acids is 2. The summed E-state index contributed by atoms with van der Waals surface area (Å²) in [7, 11) is 0. The van der Waals surface area contributed by atoms with Crippen LogP contribution in [0.3, 0.4) is 0 Å². The lowest BCUT2D eigenvalue weighted by Crippen LogP contribution is -2.51. The van der Waals surface area contributed by atoms with Crippen molar-refractivity contribution in [3.05, 3.63) is 0 Å². The minimum absolute atomic E-state index is 0.0212. The molecule has 0 aromatic rings. The second-order valence-electron chi connectivity index (χ2n) is 10.0. The van der Waals surface area contributed by atoms with Crippen LogP contribution in [0, 0.1) is 28.1 Å². The van der Waals surface area contributed by atoms with Crippen molar-refractivity contribution in [1.82, 2.24) is 0 Å². The zero-order chi connectivity index (χ0) is 20.5. The van der Waals surface area contributed by atoms with Gasteiger partial charge >= 0.3 is 5.97 Å². The highest BCUT2D eigenvalue weighted by Gasteiger charge is 2.81. The smallest absolute Gasteiger partial charge is 0.308 e. The Morgan fingerprint density at radius 1 is 1.25 bits per heavy atom. The molecular weight excluding hydrogens is 368 g/mol. The van der Waals surface area contributed by atoms with Gasteiger partial charge in [0.1, 0.15) is 6.10 Å². The van der Waals surface area contributed by atoms with Gasteiger partial charge in [-0.15, -0.1) is 0 Å². The molecule has 8 nitrogen and oxygen atoms in total. The second-order valence-corrected chi connectivity index (χ2v) is 10.0. The fraction of sp³-hybridized carbons (Fsp3) is 0.900. The van der Waals surface area contributed by atoms with Crippen molar-refractivity contribution in [2.45, 2.75) is 71.2 Å². The van der Waals surface area contributed by atoms with Crippen LogP contribution in [0.15, 0.2) is 0 Å². The summed E-state index contributed by atoms with van der Waals surface area (Å²) < 4.78 is 22.7. The van der Waals surface area contributed by atoms with E-state index in [0.717, 1.165) is 0 Å². The molecule has 1 aliphatic carbocycles. The van der Waals surface area contributed by atoms with E-state index in [-0.39, 0.29) is 24.9 Å². The maximum atomic E-state index is 12.4. The zero-order valence-corrected chi connectivity index (χ0v) is 16.8. The van der Waals surface area contributed by atoms with E-state index >= 15 is 0 Å². The van der Waals surface area contributed by atoms with Gasteiger partial charge in [-0.3, -0.25) is 9.59 Å². The van der Waals surface area contributed by atoms with E-state index in [1.807, 2.05) is 27.7 Å². The molecule has 158 valence electrons. The van der Waals surface area contributed by atoms with Crippen molar-refractivity contribution in [2.75, 3.05) is 13.2 Å². The molecule has 1 saturated carbocycles. The number of carbonyl (C=O) groups is 2. The minimum atomic E-state index is -0.984. The highest BCUT2D eigenvalue weighted by Crippen LogP contribution is 2.72. The number of hydrogen-bond donors (Lipinski definition) is 2. The first-order valence-electron chi connectivity index (χ1n) is 9.96. The van der Waals surface area contributed by atoms with Crippen molar-refractivity contribution in [2.24, 2.45) is 28.1 Å². The highest BCUT2D eigenvalue weighted by atomic mass is 16.7. The number of ether oxygens (including phenoxy) is 4. The molecule has 9 atom stereocenters. The first kappa shape index (κ1) is 20.1. The number of aliphatic hydroxyl groups is 2. The Morgan fingerprint density at radius 3 is 2.54 bits per heavy atom. The van der Waals surface area contributed by atoms with E-state index < -0.39 is 52.9 Å². The first-order valence-corrected chi connectivity index (χ1v) is 9.96. The lowest BCUT2D eigenvalue weighted by Gasteiger charge is -2.45. The molecule has 28 heavy (non-hydrogen) atoms. The number of rotatable bonds is 4. The molecular formula is C20H30O8. The van der Waals surface area contributed by atoms with Crippen LogP contribution in [-0.2, 0) is 28.5 Å². The quantitative estimate of drug-likeness (QED) is 0.524. The third kappa shape index (κ3) is 2.44. The van der Waals surface area contributed by atoms with E-state index in [1.165, 1.54) is 0 Å². The van der Waals surface area contributed by atoms with Crippen LogP contribution in [0.2, 0.25) is 0 Å². The Balaban J connectivity index is 1.84. The van der Waals surface area contributed by atoms with Gasteiger partial charge in [0, 0.05) is 17.3 Å². The molecule has 8 heteroatoms. The predicted octanol–water partition coefficient (Wildman–Crippen LogP) is 0.627. The molecule has 4 aliphatic rings. The van der Waals surface area contributed by atoms with Gasteiger partial charge in [-0.1, -0.05) is 27.7 Å². The summed E-state index contributed by atoms with van der Waals surface area (Å²) in [5.74, 6) is -0.810. The van der Waals surface area contributed by atoms with Gasteiger partial charge in [0.2, 0.25) is 6.29 Å². The third-order valence-corrected chi connectivity index (χ3v) is 7.50. The molecule has 0 amide bonds. The molecule has 4 fully saturated rings. The molecule has 0 radical (unpaired) electrons. The lowest BCUT2D eigenvalue weighted by molar-refractivity contribution is -0.170. The van der Waals surface area contributed by atoms with Crippen LogP contribution in [0.1, 0.15) is 40.5 Å². The molecule has 0 bridgehead atoms. The number of aliphatic hydroxyl groups excluding tert-OH is 2. The molecule has 2 N–H and O–H groups in total. The van der Waals surface area contributed by atoms with Gasteiger partial charge in [0.25, 0.3) is 6.47 Å². The summed E-state index contributed by atoms with van der Waals surface area (Å²) >= 11 is 0. The Morgan fingerprint density at radius 2 is 1.96 bits per heavy atom. The van der Waals surface area contributed by atoms with Crippen LogP contribution >= 0.6 is 0 Å². The van der Waals surface area contributed by atoms with Gasteiger partial charge in [-0.2, -0.15) is 0 Å². The molecule has 0 aromatic carbocycles. The van der Waals surface area contributed by atoms with Gasteiger partial charge in [0.05, 0.1) is 43.4 Å². The lowest BCUT2D eigenvalue weighted by atomic mass is 9.55. The standard InChI is InChI=1S/C20H30O8/c1-10-7-25-11(13(10)23)5-19-8-26-17-20(19,6-12(22)28-17)15(18(2,3)4)14(24)16(19)27-9-21/h9-11,13-17,23-24H,5-8H2,1-4H3/t10-,11?,13-,14-,15+,16?,17?,19?,20?/m1/s1. The highest BCUT2D eigenvalue weighted by molar-refractivity contribution is 5.74. The number of hydrogen-bond acceptors (Lipinski definition) is 8. The Kier molecular flexibility index (Phi) is 4.58. The largest absolute Gasteiger partial charge is 0.461 e. The molecule has 3 aliphatic heterocycles. The second kappa shape index (κ2) is 6.39. The molecule has 4 rings (SSSR count). The van der Waals surface area contributed by atoms with Crippen molar-refractivity contribution in [3.8, 4) is 0 Å². The summed E-state index contributed by atoms with van der Waals surface area (Å²) in [4.78, 5) is 23.7. The van der Waals surface area contributed by atoms with E-state index in [4.69, 9.17) is 18.9 Å². The monoisotopic (exact) mass is 398 g/mol. The Labute approximate surface area is 164 Å². The van der Waals surface area contributed by atoms with Crippen LogP contribution in [0.4, 0.5) is 0 Å². The average Bonchev–Trinajstić information content (AvgIpc) is 3.22. The maximum absolute atomic E-state index is 12.4. The Hall–Kier alpha value is -1.22. The average molecular weight is 398 g/mol. The van der Waals surface area contributed by atoms with Gasteiger partial charge in [-0.25, -0.2) is 0 Å². The van der Waals surface area contributed by atoms with Crippen LogP contribution in [-0.4, -0.2) is 66.6 Å². The summed E-state index contributed by atoms with van der Waals surface area (Å²) in [5, 5.41) is 21.9. The summed E-state index contributed by atoms with van der Waals surface area (Å²) in [6.45, 7) is 8.82. The third-order valence-electron chi connectivity index (χ3n) is 7.50. The Bertz CT molecular complexity index is 659. The summed E-state index contributed by atoms with van der Waals surface area (Å²) in [5.41, 5.74) is -2.16. The fourth-order valence-electron chi connectivity index (χ4n) is 6.56. The molecule has 3 heterocycles. The van der Waals surface area contributed by atoms with Crippen LogP contribution in [0.25, 0.3) is 0 Å². The first-order chi connectivity index (χ1) is 13.1. The number of esters is 1. The summed E-state index contributed by atoms with van der Waals surface area (Å²) in [6, 6.07) is 0. The molecule has 3 saturated heterocycles. The maximum Gasteiger partial charge on any atom is 0.308 e. The van der Waals surface area contributed by atoms with Crippen molar-refractivity contribution >= 4 is 12.4 Å². The van der Waals surface area contributed by atoms with Crippen molar-refractivity contribution in [1.29, 1.82) is 0 Å². The fourth-order valence-corrected chi connectivity index (χ4v) is 6.56. The predicted molar refractivity (Wildman–Crippen MR) is 94.7 cm³/mol. The van der Waals surface area contributed by atoms with Gasteiger partial charge in [-0.05, 0) is 11.8 Å².